The molecule has 0 saturated carbocycles. The predicted octanol–water partition coefficient (Wildman–Crippen LogP) is 3.83. The minimum Gasteiger partial charge on any atom is -0.404 e. The van der Waals surface area contributed by atoms with Crippen LogP contribution in [0.5, 0.6) is 0 Å². The van der Waals surface area contributed by atoms with E-state index >= 15 is 0 Å². The third-order valence-corrected chi connectivity index (χ3v) is 4.46. The molecule has 0 aliphatic heterocycles. The molecule has 6 nitrogen and oxygen atoms in total. The van der Waals surface area contributed by atoms with Gasteiger partial charge in [-0.1, -0.05) is 18.2 Å². The molecule has 3 N–H and O–H groups in total. The summed E-state index contributed by atoms with van der Waals surface area (Å²) in [4.78, 5) is 12.8. The van der Waals surface area contributed by atoms with Gasteiger partial charge in [0.05, 0.1) is 23.1 Å². The number of hydrogen-bond donors (Lipinski definition) is 2. The fourth-order valence-corrected chi connectivity index (χ4v) is 3.14. The molecule has 0 amide bonds. The minimum absolute atomic E-state index is 0.328. The highest BCUT2D eigenvalue weighted by atomic mass is 19.1. The first-order valence-corrected chi connectivity index (χ1v) is 8.60. The molecule has 0 radical (unpaired) electrons. The quantitative estimate of drug-likeness (QED) is 0.533. The number of aromatic nitrogens is 4. The SMILES string of the molecule is CN=CC(=CN)c1ccc2c(-c3cn[nH]c3-c3ccccc3F)ncnc2c1. The van der Waals surface area contributed by atoms with E-state index < -0.39 is 0 Å². The third kappa shape index (κ3) is 3.03. The normalized spacial score (nSPS) is 12.1. The number of fused-ring (bicyclic) bond motifs is 1. The van der Waals surface area contributed by atoms with E-state index in [0.717, 1.165) is 22.0 Å². The predicted molar refractivity (Wildman–Crippen MR) is 109 cm³/mol. The highest BCUT2D eigenvalue weighted by molar-refractivity contribution is 6.11. The van der Waals surface area contributed by atoms with Gasteiger partial charge in [0.2, 0.25) is 0 Å². The molecule has 2 aromatic carbocycles. The summed E-state index contributed by atoms with van der Waals surface area (Å²) >= 11 is 0. The van der Waals surface area contributed by atoms with Gasteiger partial charge in [0.1, 0.15) is 12.1 Å². The maximum absolute atomic E-state index is 14.3. The molecule has 2 aromatic heterocycles. The first-order valence-electron chi connectivity index (χ1n) is 8.60. The van der Waals surface area contributed by atoms with Crippen LogP contribution in [0.25, 0.3) is 39.0 Å². The Hall–Kier alpha value is -3.87. The third-order valence-electron chi connectivity index (χ3n) is 4.46. The Kier molecular flexibility index (Phi) is 4.63. The van der Waals surface area contributed by atoms with Crippen molar-refractivity contribution in [3.05, 3.63) is 72.6 Å². The molecule has 0 spiro atoms. The number of nitrogens with two attached hydrogens (primary N) is 1. The van der Waals surface area contributed by atoms with Crippen LogP contribution < -0.4 is 5.73 Å². The van der Waals surface area contributed by atoms with Crippen LogP contribution in [-0.4, -0.2) is 33.4 Å². The summed E-state index contributed by atoms with van der Waals surface area (Å²) in [6.07, 6.45) is 6.32. The molecule has 0 atom stereocenters. The lowest BCUT2D eigenvalue weighted by Crippen LogP contribution is -1.95. The highest BCUT2D eigenvalue weighted by Gasteiger charge is 2.17. The van der Waals surface area contributed by atoms with Crippen molar-refractivity contribution in [2.75, 3.05) is 7.05 Å². The van der Waals surface area contributed by atoms with Gasteiger partial charge in [-0.3, -0.25) is 10.1 Å². The number of benzene rings is 2. The van der Waals surface area contributed by atoms with Gasteiger partial charge in [-0.25, -0.2) is 14.4 Å². The van der Waals surface area contributed by atoms with Crippen molar-refractivity contribution in [3.8, 4) is 22.5 Å². The fourth-order valence-electron chi connectivity index (χ4n) is 3.14. The molecule has 4 rings (SSSR count). The largest absolute Gasteiger partial charge is 0.404 e. The van der Waals surface area contributed by atoms with Crippen LogP contribution in [0.3, 0.4) is 0 Å². The van der Waals surface area contributed by atoms with E-state index in [1.54, 1.807) is 37.7 Å². The molecule has 0 bridgehead atoms. The highest BCUT2D eigenvalue weighted by Crippen LogP contribution is 2.34. The zero-order valence-electron chi connectivity index (χ0n) is 15.1. The summed E-state index contributed by atoms with van der Waals surface area (Å²) in [6, 6.07) is 12.3. The molecule has 0 aliphatic rings. The molecular formula is C21H17FN6. The smallest absolute Gasteiger partial charge is 0.132 e. The zero-order valence-corrected chi connectivity index (χ0v) is 15.1. The van der Waals surface area contributed by atoms with E-state index in [-0.39, 0.29) is 5.82 Å². The second-order valence-electron chi connectivity index (χ2n) is 6.10. The number of H-pyrrole nitrogens is 1. The number of allylic oxidation sites excluding steroid dienone is 1. The first-order chi connectivity index (χ1) is 13.7. The summed E-state index contributed by atoms with van der Waals surface area (Å²) in [7, 11) is 1.69. The lowest BCUT2D eigenvalue weighted by molar-refractivity contribution is 0.630. The van der Waals surface area contributed by atoms with E-state index in [1.165, 1.54) is 18.6 Å². The van der Waals surface area contributed by atoms with Crippen molar-refractivity contribution in [1.29, 1.82) is 0 Å². The van der Waals surface area contributed by atoms with Gasteiger partial charge in [-0.05, 0) is 29.8 Å². The van der Waals surface area contributed by atoms with E-state index in [4.69, 9.17) is 5.73 Å². The molecule has 2 heterocycles. The van der Waals surface area contributed by atoms with Crippen LogP contribution in [-0.2, 0) is 0 Å². The number of rotatable bonds is 4. The van der Waals surface area contributed by atoms with Crippen LogP contribution in [0.1, 0.15) is 5.56 Å². The maximum Gasteiger partial charge on any atom is 0.132 e. The number of aromatic amines is 1. The van der Waals surface area contributed by atoms with E-state index in [2.05, 4.69) is 25.2 Å². The summed E-state index contributed by atoms with van der Waals surface area (Å²) in [5.41, 5.74) is 10.5. The summed E-state index contributed by atoms with van der Waals surface area (Å²) < 4.78 is 14.3. The van der Waals surface area contributed by atoms with E-state index in [0.29, 0.717) is 22.5 Å². The Labute approximate surface area is 160 Å². The molecule has 0 saturated heterocycles. The summed E-state index contributed by atoms with van der Waals surface area (Å²) in [5, 5.41) is 7.83. The Balaban J connectivity index is 1.88. The Bertz CT molecular complexity index is 1210. The van der Waals surface area contributed by atoms with Gasteiger partial charge in [-0.2, -0.15) is 5.10 Å². The molecular weight excluding hydrogens is 355 g/mol. The zero-order chi connectivity index (χ0) is 19.5. The molecule has 28 heavy (non-hydrogen) atoms. The second-order valence-corrected chi connectivity index (χ2v) is 6.10. The average Bonchev–Trinajstić information content (AvgIpc) is 3.21. The van der Waals surface area contributed by atoms with Crippen LogP contribution in [0.2, 0.25) is 0 Å². The van der Waals surface area contributed by atoms with Crippen molar-refractivity contribution < 1.29 is 4.39 Å². The lowest BCUT2D eigenvalue weighted by atomic mass is 10.00. The van der Waals surface area contributed by atoms with Crippen LogP contribution in [0.15, 0.2) is 66.2 Å². The number of halogens is 1. The number of hydrogen-bond acceptors (Lipinski definition) is 5. The summed E-state index contributed by atoms with van der Waals surface area (Å²) in [6.45, 7) is 0. The molecule has 7 heteroatoms. The van der Waals surface area contributed by atoms with Gasteiger partial charge in [-0.15, -0.1) is 0 Å². The first kappa shape index (κ1) is 17.5. The maximum atomic E-state index is 14.3. The van der Waals surface area contributed by atoms with Crippen LogP contribution in [0.4, 0.5) is 4.39 Å². The monoisotopic (exact) mass is 372 g/mol. The lowest BCUT2D eigenvalue weighted by Gasteiger charge is -2.08. The Morgan fingerprint density at radius 2 is 2.00 bits per heavy atom. The molecule has 0 fully saturated rings. The standard InChI is InChI=1S/C21H17FN6/c1-24-10-14(9-23)13-6-7-16-19(8-13)25-12-26-20(16)17-11-27-28-21(17)15-4-2-3-5-18(15)22/h2-12H,23H2,1H3,(H,27,28). The second kappa shape index (κ2) is 7.40. The molecule has 138 valence electrons. The van der Waals surface area contributed by atoms with Crippen LogP contribution >= 0.6 is 0 Å². The van der Waals surface area contributed by atoms with Gasteiger partial charge in [0, 0.05) is 41.5 Å². The molecule has 0 aliphatic carbocycles. The van der Waals surface area contributed by atoms with Crippen molar-refractivity contribution in [3.63, 3.8) is 0 Å². The van der Waals surface area contributed by atoms with Crippen LogP contribution in [0, 0.1) is 5.82 Å². The number of nitrogens with one attached hydrogen (secondary N) is 1. The van der Waals surface area contributed by atoms with Gasteiger partial charge in [0.25, 0.3) is 0 Å². The number of aliphatic imine (C=N–C) groups is 1. The Morgan fingerprint density at radius 3 is 2.79 bits per heavy atom. The van der Waals surface area contributed by atoms with Crippen molar-refractivity contribution in [1.82, 2.24) is 20.2 Å². The fraction of sp³-hybridized carbons (Fsp3) is 0.0476. The number of nitrogens with zero attached hydrogens (tertiary/aromatic N) is 4. The van der Waals surface area contributed by atoms with Gasteiger partial charge in [0.15, 0.2) is 0 Å². The van der Waals surface area contributed by atoms with Crippen molar-refractivity contribution in [2.45, 2.75) is 0 Å². The Morgan fingerprint density at radius 1 is 1.14 bits per heavy atom. The van der Waals surface area contributed by atoms with E-state index in [9.17, 15) is 4.39 Å². The topological polar surface area (TPSA) is 92.8 Å². The van der Waals surface area contributed by atoms with Gasteiger partial charge < -0.3 is 5.73 Å². The minimum atomic E-state index is -0.328. The molecule has 0 unspecified atom stereocenters. The van der Waals surface area contributed by atoms with E-state index in [1.807, 2.05) is 18.2 Å². The molecule has 4 aromatic rings. The van der Waals surface area contributed by atoms with Gasteiger partial charge >= 0.3 is 0 Å². The van der Waals surface area contributed by atoms with Crippen molar-refractivity contribution in [2.24, 2.45) is 10.7 Å². The summed E-state index contributed by atoms with van der Waals surface area (Å²) in [5.74, 6) is -0.328. The van der Waals surface area contributed by atoms with Crippen molar-refractivity contribution >= 4 is 22.7 Å². The average molecular weight is 372 g/mol.